The topological polar surface area (TPSA) is 105 Å². The molecular weight excluding hydrogens is 451 g/mol. The summed E-state index contributed by atoms with van der Waals surface area (Å²) in [5.41, 5.74) is -2.45. The number of hydrogen-bond donors (Lipinski definition) is 2. The van der Waals surface area contributed by atoms with Gasteiger partial charge in [0.05, 0.1) is 23.9 Å². The van der Waals surface area contributed by atoms with Crippen LogP contribution in [-0.4, -0.2) is 31.7 Å². The molecule has 3 aromatic heterocycles. The Labute approximate surface area is 188 Å². The number of benzene rings is 2. The number of aromatic nitrogens is 5. The van der Waals surface area contributed by atoms with Gasteiger partial charge < -0.3 is 9.72 Å². The summed E-state index contributed by atoms with van der Waals surface area (Å²) in [5.74, 6) is 0.186. The third-order valence-corrected chi connectivity index (χ3v) is 5.46. The maximum atomic E-state index is 13.9. The van der Waals surface area contributed by atoms with Crippen LogP contribution in [0.3, 0.4) is 0 Å². The molecule has 2 N–H and O–H groups in total. The molecule has 11 heteroatoms. The zero-order valence-corrected chi connectivity index (χ0v) is 17.8. The highest BCUT2D eigenvalue weighted by atomic mass is 19.4. The highest BCUT2D eigenvalue weighted by Gasteiger charge is 2.38. The summed E-state index contributed by atoms with van der Waals surface area (Å²) in [7, 11) is 1.41. The Morgan fingerprint density at radius 2 is 1.71 bits per heavy atom. The summed E-state index contributed by atoms with van der Waals surface area (Å²) in [5, 5.41) is 2.34. The molecule has 0 bridgehead atoms. The summed E-state index contributed by atoms with van der Waals surface area (Å²) in [6, 6.07) is 12.7. The number of hydrogen-bond acceptors (Lipinski definition) is 5. The predicted octanol–water partition coefficient (Wildman–Crippen LogP) is 3.93. The summed E-state index contributed by atoms with van der Waals surface area (Å²) in [6.07, 6.45) is -4.77. The number of aryl methyl sites for hydroxylation is 1. The highest BCUT2D eigenvalue weighted by molar-refractivity contribution is 5.86. The Kier molecular flexibility index (Phi) is 4.78. The molecule has 0 fully saturated rings. The van der Waals surface area contributed by atoms with Gasteiger partial charge in [-0.1, -0.05) is 36.4 Å². The van der Waals surface area contributed by atoms with Crippen molar-refractivity contribution in [3.05, 3.63) is 80.6 Å². The normalized spacial score (nSPS) is 11.9. The molecule has 0 unspecified atom stereocenters. The molecule has 5 aromatic rings. The van der Waals surface area contributed by atoms with Crippen LogP contribution in [0.2, 0.25) is 0 Å². The van der Waals surface area contributed by atoms with E-state index in [1.165, 1.54) is 26.2 Å². The molecule has 0 saturated heterocycles. The third kappa shape index (κ3) is 3.24. The average Bonchev–Trinajstić information content (AvgIpc) is 3.19. The van der Waals surface area contributed by atoms with Gasteiger partial charge in [-0.05, 0) is 24.6 Å². The van der Waals surface area contributed by atoms with Crippen molar-refractivity contribution in [2.45, 2.75) is 13.1 Å². The predicted molar refractivity (Wildman–Crippen MR) is 119 cm³/mol. The molecule has 0 saturated carbocycles. The first-order valence-electron chi connectivity index (χ1n) is 10.1. The average molecular weight is 467 g/mol. The third-order valence-electron chi connectivity index (χ3n) is 5.46. The molecule has 0 spiro atoms. The number of aromatic amines is 2. The Bertz CT molecular complexity index is 1680. The van der Waals surface area contributed by atoms with Crippen molar-refractivity contribution in [1.29, 1.82) is 0 Å². The minimum Gasteiger partial charge on any atom is -0.496 e. The molecule has 0 aliphatic rings. The first kappa shape index (κ1) is 21.4. The van der Waals surface area contributed by atoms with E-state index < -0.39 is 23.0 Å². The largest absolute Gasteiger partial charge is 0.496 e. The number of alkyl halides is 3. The van der Waals surface area contributed by atoms with E-state index in [9.17, 15) is 22.8 Å². The molecule has 0 radical (unpaired) electrons. The molecular formula is C23H16F3N5O3. The number of rotatable bonds is 3. The zero-order chi connectivity index (χ0) is 24.2. The molecule has 8 nitrogen and oxygen atoms in total. The standard InChI is InChI=1S/C23H16F3N5O3/c1-11-15(19-28-13-9-6-10-14(34-2)17(13)21(32)29-19)22(33)31-20(27-11)16(12-7-4-3-5-8-12)18(30-31)23(24,25)26/h3-10,30H,1-2H3,(H,28,29,32). The van der Waals surface area contributed by atoms with E-state index in [1.807, 2.05) is 0 Å². The second kappa shape index (κ2) is 7.58. The van der Waals surface area contributed by atoms with E-state index >= 15 is 0 Å². The monoisotopic (exact) mass is 467 g/mol. The first-order valence-corrected chi connectivity index (χ1v) is 10.1. The molecule has 5 rings (SSSR count). The molecule has 0 aliphatic heterocycles. The summed E-state index contributed by atoms with van der Waals surface area (Å²) < 4.78 is 47.6. The van der Waals surface area contributed by atoms with Crippen LogP contribution in [-0.2, 0) is 6.18 Å². The lowest BCUT2D eigenvalue weighted by molar-refractivity contribution is -0.140. The van der Waals surface area contributed by atoms with Crippen molar-refractivity contribution in [1.82, 2.24) is 24.6 Å². The summed E-state index contributed by atoms with van der Waals surface area (Å²) >= 11 is 0. The van der Waals surface area contributed by atoms with Crippen molar-refractivity contribution in [2.24, 2.45) is 0 Å². The number of H-pyrrole nitrogens is 2. The van der Waals surface area contributed by atoms with Gasteiger partial charge in [-0.25, -0.2) is 9.97 Å². The quantitative estimate of drug-likeness (QED) is 0.418. The van der Waals surface area contributed by atoms with Crippen LogP contribution in [0, 0.1) is 6.92 Å². The number of methoxy groups -OCH3 is 1. The van der Waals surface area contributed by atoms with Crippen LogP contribution in [0.15, 0.2) is 58.1 Å². The second-order valence-corrected chi connectivity index (χ2v) is 7.53. The van der Waals surface area contributed by atoms with Crippen LogP contribution in [0.25, 0.3) is 39.1 Å². The van der Waals surface area contributed by atoms with E-state index in [0.717, 1.165) is 4.52 Å². The van der Waals surface area contributed by atoms with Gasteiger partial charge in [0, 0.05) is 0 Å². The van der Waals surface area contributed by atoms with Crippen LogP contribution in [0.4, 0.5) is 13.2 Å². The van der Waals surface area contributed by atoms with E-state index in [4.69, 9.17) is 4.74 Å². The molecule has 2 aromatic carbocycles. The number of nitrogens with zero attached hydrogens (tertiary/aromatic N) is 3. The minimum atomic E-state index is -4.77. The second-order valence-electron chi connectivity index (χ2n) is 7.53. The van der Waals surface area contributed by atoms with Gasteiger partial charge in [0.1, 0.15) is 28.2 Å². The number of nitrogens with one attached hydrogen (secondary N) is 2. The fraction of sp³-hybridized carbons (Fsp3) is 0.130. The Balaban J connectivity index is 1.84. The van der Waals surface area contributed by atoms with Gasteiger partial charge >= 0.3 is 6.18 Å². The van der Waals surface area contributed by atoms with Crippen molar-refractivity contribution >= 4 is 16.6 Å². The molecule has 0 aliphatic carbocycles. The van der Waals surface area contributed by atoms with Crippen LogP contribution in [0.5, 0.6) is 5.75 Å². The van der Waals surface area contributed by atoms with Crippen molar-refractivity contribution in [3.8, 4) is 28.3 Å². The Hall–Kier alpha value is -4.41. The number of ether oxygens (including phenoxy) is 1. The van der Waals surface area contributed by atoms with Crippen LogP contribution < -0.4 is 15.9 Å². The smallest absolute Gasteiger partial charge is 0.433 e. The zero-order valence-electron chi connectivity index (χ0n) is 17.8. The molecule has 0 atom stereocenters. The highest BCUT2D eigenvalue weighted by Crippen LogP contribution is 2.38. The first-order chi connectivity index (χ1) is 16.2. The minimum absolute atomic E-state index is 0.111. The lowest BCUT2D eigenvalue weighted by atomic mass is 10.1. The van der Waals surface area contributed by atoms with Gasteiger partial charge in [0.25, 0.3) is 11.1 Å². The van der Waals surface area contributed by atoms with E-state index in [2.05, 4.69) is 20.1 Å². The van der Waals surface area contributed by atoms with Gasteiger partial charge in [0.15, 0.2) is 5.65 Å². The van der Waals surface area contributed by atoms with Gasteiger partial charge in [-0.3, -0.25) is 14.7 Å². The fourth-order valence-corrected chi connectivity index (χ4v) is 3.98. The van der Waals surface area contributed by atoms with Gasteiger partial charge in [-0.15, -0.1) is 0 Å². The van der Waals surface area contributed by atoms with Crippen LogP contribution >= 0.6 is 0 Å². The maximum Gasteiger partial charge on any atom is 0.433 e. The van der Waals surface area contributed by atoms with E-state index in [-0.39, 0.29) is 44.8 Å². The molecule has 3 heterocycles. The van der Waals surface area contributed by atoms with Crippen molar-refractivity contribution < 1.29 is 17.9 Å². The number of fused-ring (bicyclic) bond motifs is 2. The number of halogens is 3. The van der Waals surface area contributed by atoms with Crippen LogP contribution in [0.1, 0.15) is 11.4 Å². The maximum absolute atomic E-state index is 13.9. The lowest BCUT2D eigenvalue weighted by Gasteiger charge is -2.09. The summed E-state index contributed by atoms with van der Waals surface area (Å²) in [6.45, 7) is 1.47. The van der Waals surface area contributed by atoms with Crippen molar-refractivity contribution in [3.63, 3.8) is 0 Å². The Morgan fingerprint density at radius 1 is 0.971 bits per heavy atom. The fourth-order valence-electron chi connectivity index (χ4n) is 3.98. The van der Waals surface area contributed by atoms with E-state index in [1.54, 1.807) is 36.4 Å². The molecule has 0 amide bonds. The Morgan fingerprint density at radius 3 is 2.38 bits per heavy atom. The van der Waals surface area contributed by atoms with Crippen molar-refractivity contribution in [2.75, 3.05) is 7.11 Å². The van der Waals surface area contributed by atoms with E-state index in [0.29, 0.717) is 5.75 Å². The lowest BCUT2D eigenvalue weighted by Crippen LogP contribution is -2.22. The van der Waals surface area contributed by atoms with Gasteiger partial charge in [0.2, 0.25) is 0 Å². The SMILES string of the molecule is COc1cccc2nc(-c3c(C)nc4c(-c5ccccc5)c(C(F)(F)F)[nH]n4c3=O)[nH]c(=O)c12. The summed E-state index contributed by atoms with van der Waals surface area (Å²) in [4.78, 5) is 37.3. The molecule has 34 heavy (non-hydrogen) atoms. The molecule has 172 valence electrons. The van der Waals surface area contributed by atoms with Gasteiger partial charge in [-0.2, -0.15) is 17.7 Å².